The quantitative estimate of drug-likeness (QED) is 0.137. The average molecular weight is 476 g/mol. The molecular formula is C29H21N3O2S. The molecule has 5 nitrogen and oxygen atoms in total. The summed E-state index contributed by atoms with van der Waals surface area (Å²) >= 11 is 1.47. The van der Waals surface area contributed by atoms with Crippen molar-refractivity contribution in [3.8, 4) is 0 Å². The molecule has 0 saturated heterocycles. The summed E-state index contributed by atoms with van der Waals surface area (Å²) in [5.74, 6) is -0.879. The first kappa shape index (κ1) is 22.3. The molecule has 0 saturated carbocycles. The van der Waals surface area contributed by atoms with E-state index in [0.717, 1.165) is 32.0 Å². The van der Waals surface area contributed by atoms with Gasteiger partial charge >= 0.3 is 0 Å². The lowest BCUT2D eigenvalue weighted by molar-refractivity contribution is -0.117. The van der Waals surface area contributed by atoms with E-state index >= 15 is 0 Å². The van der Waals surface area contributed by atoms with Crippen molar-refractivity contribution < 1.29 is 9.59 Å². The van der Waals surface area contributed by atoms with Crippen molar-refractivity contribution in [2.75, 3.05) is 0 Å². The fourth-order valence-corrected chi connectivity index (χ4v) is 4.52. The first-order chi connectivity index (χ1) is 17.2. The van der Waals surface area contributed by atoms with Gasteiger partial charge in [-0.2, -0.15) is 5.10 Å². The summed E-state index contributed by atoms with van der Waals surface area (Å²) in [5.41, 5.74) is 4.07. The molecule has 5 aromatic rings. The van der Waals surface area contributed by atoms with Gasteiger partial charge in [0.1, 0.15) is 5.70 Å². The minimum absolute atomic E-state index is 0.112. The van der Waals surface area contributed by atoms with E-state index in [1.54, 1.807) is 36.6 Å². The van der Waals surface area contributed by atoms with Crippen LogP contribution in [0.2, 0.25) is 0 Å². The van der Waals surface area contributed by atoms with Crippen molar-refractivity contribution in [3.63, 3.8) is 0 Å². The van der Waals surface area contributed by atoms with E-state index < -0.39 is 5.91 Å². The van der Waals surface area contributed by atoms with Crippen molar-refractivity contribution in [1.82, 2.24) is 10.7 Å². The van der Waals surface area contributed by atoms with E-state index in [4.69, 9.17) is 0 Å². The van der Waals surface area contributed by atoms with Crippen LogP contribution in [0.15, 0.2) is 113 Å². The number of hydrogen-bond acceptors (Lipinski definition) is 4. The predicted molar refractivity (Wildman–Crippen MR) is 143 cm³/mol. The molecule has 0 spiro atoms. The van der Waals surface area contributed by atoms with Crippen LogP contribution in [0.1, 0.15) is 20.8 Å². The lowest BCUT2D eigenvalue weighted by Gasteiger charge is -2.10. The van der Waals surface area contributed by atoms with Gasteiger partial charge in [-0.25, -0.2) is 5.43 Å². The smallest absolute Gasteiger partial charge is 0.287 e. The lowest BCUT2D eigenvalue weighted by Crippen LogP contribution is -2.32. The van der Waals surface area contributed by atoms with Gasteiger partial charge in [0.2, 0.25) is 0 Å². The Morgan fingerprint density at radius 1 is 0.771 bits per heavy atom. The molecule has 0 aliphatic carbocycles. The van der Waals surface area contributed by atoms with Crippen molar-refractivity contribution >= 4 is 57.0 Å². The maximum Gasteiger partial charge on any atom is 0.287 e. The van der Waals surface area contributed by atoms with Gasteiger partial charge in [-0.05, 0) is 57.3 Å². The number of nitrogens with one attached hydrogen (secondary N) is 2. The first-order valence-corrected chi connectivity index (χ1v) is 11.9. The lowest BCUT2D eigenvalue weighted by atomic mass is 9.97. The zero-order chi connectivity index (χ0) is 24.0. The molecule has 0 fully saturated rings. The molecule has 0 atom stereocenters. The maximum absolute atomic E-state index is 13.1. The monoisotopic (exact) mass is 475 g/mol. The SMILES string of the molecule is O=C(NN=Cc1c2ccccc2cc2ccccc12)C(=Cc1cccs1)NC(=O)c1ccccc1. The molecule has 35 heavy (non-hydrogen) atoms. The molecule has 0 unspecified atom stereocenters. The highest BCUT2D eigenvalue weighted by molar-refractivity contribution is 7.10. The van der Waals surface area contributed by atoms with E-state index in [1.165, 1.54) is 11.3 Å². The number of fused-ring (bicyclic) bond motifs is 2. The van der Waals surface area contributed by atoms with Gasteiger partial charge in [0.25, 0.3) is 11.8 Å². The third kappa shape index (κ3) is 5.03. The topological polar surface area (TPSA) is 70.6 Å². The van der Waals surface area contributed by atoms with Crippen LogP contribution < -0.4 is 10.7 Å². The fraction of sp³-hybridized carbons (Fsp3) is 0. The summed E-state index contributed by atoms with van der Waals surface area (Å²) in [6.45, 7) is 0. The predicted octanol–water partition coefficient (Wildman–Crippen LogP) is 5.98. The number of nitrogens with zero attached hydrogens (tertiary/aromatic N) is 1. The average Bonchev–Trinajstić information content (AvgIpc) is 3.41. The Morgan fingerprint density at radius 3 is 2.09 bits per heavy atom. The minimum Gasteiger partial charge on any atom is -0.317 e. The van der Waals surface area contributed by atoms with Gasteiger partial charge < -0.3 is 5.32 Å². The van der Waals surface area contributed by atoms with Gasteiger partial charge in [-0.15, -0.1) is 11.3 Å². The number of thiophene rings is 1. The zero-order valence-electron chi connectivity index (χ0n) is 18.6. The van der Waals surface area contributed by atoms with Crippen LogP contribution in [-0.2, 0) is 4.79 Å². The van der Waals surface area contributed by atoms with Crippen LogP contribution in [0.3, 0.4) is 0 Å². The third-order valence-corrected chi connectivity index (χ3v) is 6.35. The summed E-state index contributed by atoms with van der Waals surface area (Å²) in [5, 5.41) is 13.1. The number of carbonyl (C=O) groups is 2. The summed E-state index contributed by atoms with van der Waals surface area (Å²) < 4.78 is 0. The van der Waals surface area contributed by atoms with Gasteiger partial charge in [-0.1, -0.05) is 72.8 Å². The Hall–Kier alpha value is -4.55. The highest BCUT2D eigenvalue weighted by Gasteiger charge is 2.15. The Morgan fingerprint density at radius 2 is 1.43 bits per heavy atom. The highest BCUT2D eigenvalue weighted by Crippen LogP contribution is 2.27. The summed E-state index contributed by atoms with van der Waals surface area (Å²) in [6.07, 6.45) is 3.30. The van der Waals surface area contributed by atoms with Crippen LogP contribution in [0.25, 0.3) is 27.6 Å². The fourth-order valence-electron chi connectivity index (χ4n) is 3.86. The summed E-state index contributed by atoms with van der Waals surface area (Å²) in [4.78, 5) is 26.6. The Labute approximate surface area is 206 Å². The second-order valence-corrected chi connectivity index (χ2v) is 8.80. The van der Waals surface area contributed by atoms with E-state index in [-0.39, 0.29) is 11.6 Å². The van der Waals surface area contributed by atoms with Gasteiger partial charge in [-0.3, -0.25) is 9.59 Å². The second kappa shape index (κ2) is 10.2. The third-order valence-electron chi connectivity index (χ3n) is 5.53. The van der Waals surface area contributed by atoms with E-state index in [2.05, 4.69) is 34.0 Å². The molecule has 0 bridgehead atoms. The second-order valence-electron chi connectivity index (χ2n) is 7.83. The van der Waals surface area contributed by atoms with E-state index in [1.807, 2.05) is 60.0 Å². The van der Waals surface area contributed by atoms with Crippen molar-refractivity contribution in [3.05, 3.63) is 124 Å². The molecule has 170 valence electrons. The molecular weight excluding hydrogens is 454 g/mol. The van der Waals surface area contributed by atoms with Crippen molar-refractivity contribution in [1.29, 1.82) is 0 Å². The Balaban J connectivity index is 1.43. The molecule has 1 heterocycles. The van der Waals surface area contributed by atoms with Crippen LogP contribution in [-0.4, -0.2) is 18.0 Å². The van der Waals surface area contributed by atoms with Crippen LogP contribution in [0.4, 0.5) is 0 Å². The molecule has 0 aliphatic heterocycles. The molecule has 1 aromatic heterocycles. The molecule has 6 heteroatoms. The maximum atomic E-state index is 13.1. The molecule has 5 rings (SSSR count). The van der Waals surface area contributed by atoms with Crippen molar-refractivity contribution in [2.45, 2.75) is 0 Å². The number of benzene rings is 4. The zero-order valence-corrected chi connectivity index (χ0v) is 19.5. The number of carbonyl (C=O) groups excluding carboxylic acids is 2. The Bertz CT molecular complexity index is 1520. The van der Waals surface area contributed by atoms with Crippen LogP contribution >= 0.6 is 11.3 Å². The first-order valence-electron chi connectivity index (χ1n) is 11.0. The normalized spacial score (nSPS) is 11.7. The summed E-state index contributed by atoms with van der Waals surface area (Å²) in [7, 11) is 0. The standard InChI is InChI=1S/C29H21N3O2S/c33-28(20-9-2-1-3-10-20)31-27(18-23-13-8-16-35-23)29(34)32-30-19-26-24-14-6-4-11-21(24)17-22-12-5-7-15-25(22)26/h1-19H,(H,31,33)(H,32,34). The van der Waals surface area contributed by atoms with Crippen molar-refractivity contribution in [2.24, 2.45) is 5.10 Å². The largest absolute Gasteiger partial charge is 0.317 e. The number of rotatable bonds is 6. The number of hydrogen-bond donors (Lipinski definition) is 2. The van der Waals surface area contributed by atoms with Crippen LogP contribution in [0.5, 0.6) is 0 Å². The van der Waals surface area contributed by atoms with Gasteiger partial charge in [0, 0.05) is 16.0 Å². The minimum atomic E-state index is -0.511. The van der Waals surface area contributed by atoms with Gasteiger partial charge in [0.05, 0.1) is 6.21 Å². The van der Waals surface area contributed by atoms with E-state index in [9.17, 15) is 9.59 Å². The Kier molecular flexibility index (Phi) is 6.46. The molecule has 2 N–H and O–H groups in total. The molecule has 4 aromatic carbocycles. The van der Waals surface area contributed by atoms with E-state index in [0.29, 0.717) is 5.56 Å². The molecule has 2 amide bonds. The van der Waals surface area contributed by atoms with Gasteiger partial charge in [0.15, 0.2) is 0 Å². The highest BCUT2D eigenvalue weighted by atomic mass is 32.1. The van der Waals surface area contributed by atoms with Crippen LogP contribution in [0, 0.1) is 0 Å². The molecule has 0 aliphatic rings. The number of hydrazone groups is 1. The number of amides is 2. The molecule has 0 radical (unpaired) electrons. The summed E-state index contributed by atoms with van der Waals surface area (Å²) in [6, 6.07) is 30.8.